The van der Waals surface area contributed by atoms with Crippen LogP contribution >= 0.6 is 0 Å². The molecule has 0 fully saturated rings. The first kappa shape index (κ1) is 13.5. The fourth-order valence-corrected chi connectivity index (χ4v) is 1.16. The van der Waals surface area contributed by atoms with E-state index in [-0.39, 0.29) is 6.07 Å². The number of carbonyl (C=O) groups is 1. The number of alkyl halides is 5. The van der Waals surface area contributed by atoms with Crippen LogP contribution in [0.25, 0.3) is 0 Å². The van der Waals surface area contributed by atoms with Gasteiger partial charge in [-0.3, -0.25) is 4.79 Å². The van der Waals surface area contributed by atoms with E-state index in [4.69, 9.17) is 0 Å². The summed E-state index contributed by atoms with van der Waals surface area (Å²) in [6.45, 7) is 0.972. The summed E-state index contributed by atoms with van der Waals surface area (Å²) >= 11 is 0. The van der Waals surface area contributed by atoms with E-state index in [1.54, 1.807) is 0 Å². The molecule has 94 valence electrons. The van der Waals surface area contributed by atoms with Gasteiger partial charge in [0.1, 0.15) is 5.82 Å². The normalized spacial score (nSPS) is 12.6. The Balaban J connectivity index is 3.28. The number of hydrogen-bond acceptors (Lipinski definition) is 1. The van der Waals surface area contributed by atoms with Crippen LogP contribution in [0.4, 0.5) is 26.3 Å². The summed E-state index contributed by atoms with van der Waals surface area (Å²) in [5.41, 5.74) is -2.07. The second-order valence-electron chi connectivity index (χ2n) is 3.32. The molecule has 17 heavy (non-hydrogen) atoms. The molecular weight excluding hydrogens is 250 g/mol. The standard InChI is InChI=1S/C10H6F6O/c1-5(17)7-3-2-6(4-8(7)11)9(12,13)10(14,15)16/h2-4H,1H3. The summed E-state index contributed by atoms with van der Waals surface area (Å²) in [6.07, 6.45) is -5.81. The topological polar surface area (TPSA) is 17.1 Å². The highest BCUT2D eigenvalue weighted by Gasteiger charge is 2.58. The average molecular weight is 256 g/mol. The quantitative estimate of drug-likeness (QED) is 0.582. The largest absolute Gasteiger partial charge is 0.458 e. The molecule has 1 aromatic carbocycles. The van der Waals surface area contributed by atoms with Gasteiger partial charge in [0.2, 0.25) is 0 Å². The molecule has 0 bridgehead atoms. The minimum Gasteiger partial charge on any atom is -0.294 e. The van der Waals surface area contributed by atoms with Gasteiger partial charge in [-0.1, -0.05) is 6.07 Å². The van der Waals surface area contributed by atoms with E-state index in [1.165, 1.54) is 0 Å². The Kier molecular flexibility index (Phi) is 3.22. The molecule has 0 radical (unpaired) electrons. The number of rotatable bonds is 2. The maximum absolute atomic E-state index is 13.1. The van der Waals surface area contributed by atoms with Crippen LogP contribution in [-0.2, 0) is 5.92 Å². The summed E-state index contributed by atoms with van der Waals surface area (Å²) in [4.78, 5) is 10.8. The zero-order valence-electron chi connectivity index (χ0n) is 8.41. The molecule has 0 aliphatic carbocycles. The number of Topliss-reactive ketones (excluding diaryl/α,β-unsaturated/α-hetero) is 1. The van der Waals surface area contributed by atoms with Crippen molar-refractivity contribution in [1.29, 1.82) is 0 Å². The first-order valence-corrected chi connectivity index (χ1v) is 4.33. The van der Waals surface area contributed by atoms with E-state index in [2.05, 4.69) is 0 Å². The molecule has 0 spiro atoms. The zero-order valence-corrected chi connectivity index (χ0v) is 8.41. The third-order valence-corrected chi connectivity index (χ3v) is 2.07. The summed E-state index contributed by atoms with van der Waals surface area (Å²) < 4.78 is 74.6. The summed E-state index contributed by atoms with van der Waals surface area (Å²) in [7, 11) is 0. The first-order valence-electron chi connectivity index (χ1n) is 4.33. The Morgan fingerprint density at radius 3 is 2.00 bits per heavy atom. The summed E-state index contributed by atoms with van der Waals surface area (Å²) in [5.74, 6) is -7.31. The predicted octanol–water partition coefficient (Wildman–Crippen LogP) is 3.68. The number of benzene rings is 1. The fourth-order valence-electron chi connectivity index (χ4n) is 1.16. The number of ketones is 1. The molecule has 1 aromatic rings. The summed E-state index contributed by atoms with van der Waals surface area (Å²) in [6, 6.07) is 1.00. The Bertz CT molecular complexity index is 449. The number of hydrogen-bond donors (Lipinski definition) is 0. The lowest BCUT2D eigenvalue weighted by molar-refractivity contribution is -0.289. The van der Waals surface area contributed by atoms with Crippen LogP contribution in [0.15, 0.2) is 18.2 Å². The van der Waals surface area contributed by atoms with Crippen LogP contribution in [0.3, 0.4) is 0 Å². The molecule has 0 amide bonds. The Hall–Kier alpha value is -1.53. The van der Waals surface area contributed by atoms with Crippen molar-refractivity contribution in [2.45, 2.75) is 19.0 Å². The number of halogens is 6. The van der Waals surface area contributed by atoms with Crippen LogP contribution in [0.5, 0.6) is 0 Å². The van der Waals surface area contributed by atoms with Crippen LogP contribution in [0.2, 0.25) is 0 Å². The van der Waals surface area contributed by atoms with Crippen LogP contribution in [0.1, 0.15) is 22.8 Å². The second-order valence-corrected chi connectivity index (χ2v) is 3.32. The Morgan fingerprint density at radius 1 is 1.12 bits per heavy atom. The molecule has 1 nitrogen and oxygen atoms in total. The molecule has 1 rings (SSSR count). The molecule has 0 aromatic heterocycles. The number of carbonyl (C=O) groups excluding carboxylic acids is 1. The summed E-state index contributed by atoms with van der Waals surface area (Å²) in [5, 5.41) is 0. The van der Waals surface area contributed by atoms with Gasteiger partial charge in [0.25, 0.3) is 0 Å². The van der Waals surface area contributed by atoms with Crippen molar-refractivity contribution in [2.24, 2.45) is 0 Å². The van der Waals surface area contributed by atoms with Crippen molar-refractivity contribution in [1.82, 2.24) is 0 Å². The lowest BCUT2D eigenvalue weighted by Crippen LogP contribution is -2.33. The van der Waals surface area contributed by atoms with Gasteiger partial charge in [-0.15, -0.1) is 0 Å². The highest BCUT2D eigenvalue weighted by molar-refractivity contribution is 5.94. The molecule has 0 heterocycles. The molecule has 0 aliphatic heterocycles. The lowest BCUT2D eigenvalue weighted by atomic mass is 10.0. The smallest absolute Gasteiger partial charge is 0.294 e. The zero-order chi connectivity index (χ0) is 13.4. The molecule has 0 atom stereocenters. The molecule has 0 saturated carbocycles. The molecule has 0 N–H and O–H groups in total. The maximum Gasteiger partial charge on any atom is 0.458 e. The van der Waals surface area contributed by atoms with E-state index in [9.17, 15) is 31.1 Å². The average Bonchev–Trinajstić information content (AvgIpc) is 2.14. The van der Waals surface area contributed by atoms with E-state index in [0.29, 0.717) is 12.1 Å². The first-order chi connectivity index (χ1) is 7.57. The highest BCUT2D eigenvalue weighted by atomic mass is 19.4. The van der Waals surface area contributed by atoms with Gasteiger partial charge in [0.05, 0.1) is 5.56 Å². The van der Waals surface area contributed by atoms with Crippen molar-refractivity contribution in [3.8, 4) is 0 Å². The van der Waals surface area contributed by atoms with Crippen LogP contribution in [-0.4, -0.2) is 12.0 Å². The van der Waals surface area contributed by atoms with Crippen molar-refractivity contribution < 1.29 is 31.1 Å². The van der Waals surface area contributed by atoms with E-state index >= 15 is 0 Å². The van der Waals surface area contributed by atoms with E-state index in [1.807, 2.05) is 0 Å². The third-order valence-electron chi connectivity index (χ3n) is 2.07. The Labute approximate surface area is 92.0 Å². The molecular formula is C10H6F6O. The minimum absolute atomic E-state index is 0.0181. The lowest BCUT2D eigenvalue weighted by Gasteiger charge is -2.20. The van der Waals surface area contributed by atoms with Crippen LogP contribution < -0.4 is 0 Å². The van der Waals surface area contributed by atoms with Crippen molar-refractivity contribution >= 4 is 5.78 Å². The fraction of sp³-hybridized carbons (Fsp3) is 0.300. The molecule has 0 saturated heterocycles. The molecule has 0 aliphatic rings. The van der Waals surface area contributed by atoms with Gasteiger partial charge in [-0.05, 0) is 19.1 Å². The Morgan fingerprint density at radius 2 is 1.65 bits per heavy atom. The van der Waals surface area contributed by atoms with Gasteiger partial charge in [0, 0.05) is 5.56 Å². The van der Waals surface area contributed by atoms with Gasteiger partial charge in [-0.2, -0.15) is 22.0 Å². The predicted molar refractivity (Wildman–Crippen MR) is 46.4 cm³/mol. The SMILES string of the molecule is CC(=O)c1ccc(C(F)(F)C(F)(F)F)cc1F. The monoisotopic (exact) mass is 256 g/mol. The van der Waals surface area contributed by atoms with Gasteiger partial charge >= 0.3 is 12.1 Å². The van der Waals surface area contributed by atoms with Crippen molar-refractivity contribution in [3.63, 3.8) is 0 Å². The highest BCUT2D eigenvalue weighted by Crippen LogP contribution is 2.44. The van der Waals surface area contributed by atoms with Crippen LogP contribution in [0, 0.1) is 5.82 Å². The second kappa shape index (κ2) is 4.05. The van der Waals surface area contributed by atoms with Gasteiger partial charge < -0.3 is 0 Å². The molecule has 7 heteroatoms. The minimum atomic E-state index is -5.81. The van der Waals surface area contributed by atoms with Gasteiger partial charge in [0.15, 0.2) is 5.78 Å². The third kappa shape index (κ3) is 2.42. The molecule has 0 unspecified atom stereocenters. The van der Waals surface area contributed by atoms with Crippen molar-refractivity contribution in [3.05, 3.63) is 35.1 Å². The van der Waals surface area contributed by atoms with E-state index < -0.39 is 34.8 Å². The van der Waals surface area contributed by atoms with Gasteiger partial charge in [-0.25, -0.2) is 4.39 Å². The van der Waals surface area contributed by atoms with Crippen molar-refractivity contribution in [2.75, 3.05) is 0 Å². The maximum atomic E-state index is 13.1. The van der Waals surface area contributed by atoms with E-state index in [0.717, 1.165) is 6.92 Å².